The number of hydrogen-bond acceptors (Lipinski definition) is 0. The summed E-state index contributed by atoms with van der Waals surface area (Å²) in [5, 5.41) is 0. The quantitative estimate of drug-likeness (QED) is 0.495. The zero-order valence-electron chi connectivity index (χ0n) is 7.61. The molecule has 0 saturated carbocycles. The van der Waals surface area contributed by atoms with Crippen LogP contribution in [0.3, 0.4) is 0 Å². The van der Waals surface area contributed by atoms with E-state index in [0.29, 0.717) is 0 Å². The predicted octanol–water partition coefficient (Wildman–Crippen LogP) is -1.07. The van der Waals surface area contributed by atoms with Crippen molar-refractivity contribution in [2.45, 2.75) is 32.7 Å². The molecule has 2 nitrogen and oxygen atoms in total. The van der Waals surface area contributed by atoms with Gasteiger partial charge in [-0.3, -0.25) is 0 Å². The van der Waals surface area contributed by atoms with Gasteiger partial charge in [0.2, 0.25) is 0 Å². The highest BCUT2D eigenvalue weighted by Crippen LogP contribution is 1.79. The molecule has 0 radical (unpaired) electrons. The van der Waals surface area contributed by atoms with Crippen LogP contribution in [-0.2, 0) is 0 Å². The lowest BCUT2D eigenvalue weighted by Gasteiger charge is -2.18. The molecule has 0 aliphatic heterocycles. The third-order valence-corrected chi connectivity index (χ3v) is 2.20. The highest BCUT2D eigenvalue weighted by molar-refractivity contribution is 4.39. The van der Waals surface area contributed by atoms with Crippen molar-refractivity contribution in [1.29, 1.82) is 0 Å². The first-order valence-corrected chi connectivity index (χ1v) is 4.33. The molecule has 2 heteroatoms. The molecule has 4 N–H and O–H groups in total. The van der Waals surface area contributed by atoms with Gasteiger partial charge in [0.25, 0.3) is 0 Å². The van der Waals surface area contributed by atoms with Crippen LogP contribution in [0.1, 0.15) is 26.7 Å². The molecule has 0 bridgehead atoms. The largest absolute Gasteiger partial charge is 0.353 e. The molecule has 0 aromatic heterocycles. The number of hydrogen-bond donors (Lipinski definition) is 2. The molecule has 0 heterocycles. The minimum absolute atomic E-state index is 0.728. The van der Waals surface area contributed by atoms with Crippen LogP contribution < -0.4 is 10.6 Å². The number of nitrogens with one attached hydrogen (secondary N) is 1. The number of likely N-dealkylation sites (N-methyl/N-ethyl adjacent to an activating group) is 1. The maximum absolute atomic E-state index is 3.89. The Labute approximate surface area is 64.4 Å². The average Bonchev–Trinajstić information content (AvgIpc) is 1.98. The van der Waals surface area contributed by atoms with E-state index in [0.717, 1.165) is 12.6 Å². The molecule has 0 fully saturated rings. The van der Waals surface area contributed by atoms with E-state index >= 15 is 0 Å². The van der Waals surface area contributed by atoms with E-state index in [1.165, 1.54) is 19.4 Å². The van der Waals surface area contributed by atoms with Crippen LogP contribution >= 0.6 is 0 Å². The van der Waals surface area contributed by atoms with Crippen LogP contribution in [0.5, 0.6) is 0 Å². The van der Waals surface area contributed by atoms with Gasteiger partial charge in [0.15, 0.2) is 0 Å². The van der Waals surface area contributed by atoms with Crippen molar-refractivity contribution >= 4 is 0 Å². The molecule has 2 atom stereocenters. The number of rotatable bonds is 5. The molecule has 0 spiro atoms. The molecule has 1 unspecified atom stereocenters. The lowest BCUT2D eigenvalue weighted by molar-refractivity contribution is -0.910. The standard InChI is InChI=1S/C8H20N2/c1-4-5-6-10(3)8(2)7-9/h8H,4-7,9H2,1-3H3/p+2/t8-/m1/s1. The summed E-state index contributed by atoms with van der Waals surface area (Å²) >= 11 is 0. The molecule has 0 saturated heterocycles. The fraction of sp³-hybridized carbons (Fsp3) is 1.00. The van der Waals surface area contributed by atoms with E-state index in [2.05, 4.69) is 26.6 Å². The van der Waals surface area contributed by atoms with Gasteiger partial charge >= 0.3 is 0 Å². The van der Waals surface area contributed by atoms with E-state index in [9.17, 15) is 0 Å². The van der Waals surface area contributed by atoms with Gasteiger partial charge in [-0.2, -0.15) is 0 Å². The summed E-state index contributed by atoms with van der Waals surface area (Å²) in [6.45, 7) is 6.85. The number of quaternary nitrogens is 2. The SMILES string of the molecule is CCCC[NH+](C)[C@H](C)C[NH3+]. The molecule has 0 aliphatic carbocycles. The van der Waals surface area contributed by atoms with Gasteiger partial charge in [-0.05, 0) is 13.3 Å². The van der Waals surface area contributed by atoms with Crippen LogP contribution in [0.2, 0.25) is 0 Å². The minimum Gasteiger partial charge on any atom is -0.353 e. The highest BCUT2D eigenvalue weighted by atomic mass is 15.1. The Morgan fingerprint density at radius 1 is 1.50 bits per heavy atom. The van der Waals surface area contributed by atoms with E-state index in [1.54, 1.807) is 4.90 Å². The molecular formula is C8H22N2+2. The van der Waals surface area contributed by atoms with Crippen molar-refractivity contribution in [1.82, 2.24) is 0 Å². The van der Waals surface area contributed by atoms with Gasteiger partial charge in [0.05, 0.1) is 13.6 Å². The van der Waals surface area contributed by atoms with Gasteiger partial charge in [-0.15, -0.1) is 0 Å². The molecule has 0 aliphatic rings. The van der Waals surface area contributed by atoms with Crippen molar-refractivity contribution in [3.8, 4) is 0 Å². The Hall–Kier alpha value is -0.0800. The second kappa shape index (κ2) is 5.69. The van der Waals surface area contributed by atoms with Crippen molar-refractivity contribution < 1.29 is 10.6 Å². The summed E-state index contributed by atoms with van der Waals surface area (Å²) in [5.41, 5.74) is 3.89. The minimum atomic E-state index is 0.728. The van der Waals surface area contributed by atoms with Crippen molar-refractivity contribution in [2.24, 2.45) is 0 Å². The van der Waals surface area contributed by atoms with Crippen LogP contribution in [0.4, 0.5) is 0 Å². The van der Waals surface area contributed by atoms with E-state index in [-0.39, 0.29) is 0 Å². The molecule has 62 valence electrons. The topological polar surface area (TPSA) is 32.1 Å². The van der Waals surface area contributed by atoms with Gasteiger partial charge in [0.1, 0.15) is 12.6 Å². The highest BCUT2D eigenvalue weighted by Gasteiger charge is 2.10. The molecule has 0 amide bonds. The maximum atomic E-state index is 3.89. The lowest BCUT2D eigenvalue weighted by Crippen LogP contribution is -3.14. The molecule has 0 aromatic carbocycles. The summed E-state index contributed by atoms with van der Waals surface area (Å²) < 4.78 is 0. The first kappa shape index (κ1) is 9.92. The zero-order chi connectivity index (χ0) is 7.98. The van der Waals surface area contributed by atoms with E-state index in [4.69, 9.17) is 0 Å². The van der Waals surface area contributed by atoms with Crippen LogP contribution in [0, 0.1) is 0 Å². The van der Waals surface area contributed by atoms with E-state index in [1.807, 2.05) is 0 Å². The van der Waals surface area contributed by atoms with Crippen molar-refractivity contribution in [3.05, 3.63) is 0 Å². The number of unbranched alkanes of at least 4 members (excludes halogenated alkanes) is 1. The second-order valence-corrected chi connectivity index (χ2v) is 3.14. The first-order valence-electron chi connectivity index (χ1n) is 4.33. The summed E-state index contributed by atoms with van der Waals surface area (Å²) in [6, 6.07) is 0.728. The lowest BCUT2D eigenvalue weighted by atomic mass is 10.2. The molecule has 0 aromatic rings. The van der Waals surface area contributed by atoms with Crippen molar-refractivity contribution in [2.75, 3.05) is 20.1 Å². The zero-order valence-corrected chi connectivity index (χ0v) is 7.61. The normalized spacial score (nSPS) is 16.8. The third-order valence-electron chi connectivity index (χ3n) is 2.20. The summed E-state index contributed by atoms with van der Waals surface area (Å²) in [4.78, 5) is 1.62. The van der Waals surface area contributed by atoms with Gasteiger partial charge in [0, 0.05) is 0 Å². The fourth-order valence-corrected chi connectivity index (χ4v) is 0.948. The van der Waals surface area contributed by atoms with Gasteiger partial charge in [-0.25, -0.2) is 0 Å². The molecule has 10 heavy (non-hydrogen) atoms. The Kier molecular flexibility index (Phi) is 5.64. The summed E-state index contributed by atoms with van der Waals surface area (Å²) in [7, 11) is 2.26. The van der Waals surface area contributed by atoms with Gasteiger partial charge in [-0.1, -0.05) is 13.3 Å². The Bertz CT molecular complexity index is 73.7. The predicted molar refractivity (Wildman–Crippen MR) is 43.9 cm³/mol. The maximum Gasteiger partial charge on any atom is 0.134 e. The van der Waals surface area contributed by atoms with E-state index < -0.39 is 0 Å². The fourth-order valence-electron chi connectivity index (χ4n) is 0.948. The summed E-state index contributed by atoms with van der Waals surface area (Å²) in [6.07, 6.45) is 2.65. The first-order chi connectivity index (χ1) is 4.72. The van der Waals surface area contributed by atoms with Crippen LogP contribution in [-0.4, -0.2) is 26.2 Å². The van der Waals surface area contributed by atoms with Gasteiger partial charge < -0.3 is 10.6 Å². The monoisotopic (exact) mass is 146 g/mol. The Balaban J connectivity index is 3.31. The van der Waals surface area contributed by atoms with Crippen molar-refractivity contribution in [3.63, 3.8) is 0 Å². The smallest absolute Gasteiger partial charge is 0.134 e. The Morgan fingerprint density at radius 2 is 2.10 bits per heavy atom. The molecule has 0 rings (SSSR count). The third kappa shape index (κ3) is 3.85. The average molecular weight is 146 g/mol. The second-order valence-electron chi connectivity index (χ2n) is 3.14. The van der Waals surface area contributed by atoms with Crippen LogP contribution in [0.15, 0.2) is 0 Å². The Morgan fingerprint density at radius 3 is 2.50 bits per heavy atom. The summed E-state index contributed by atoms with van der Waals surface area (Å²) in [5.74, 6) is 0. The van der Waals surface area contributed by atoms with Crippen LogP contribution in [0.25, 0.3) is 0 Å². The molecular weight excluding hydrogens is 124 g/mol.